The van der Waals surface area contributed by atoms with Gasteiger partial charge >= 0.3 is 0 Å². The predicted octanol–water partition coefficient (Wildman–Crippen LogP) is 4.54. The molecule has 0 radical (unpaired) electrons. The van der Waals surface area contributed by atoms with Crippen molar-refractivity contribution in [3.8, 4) is 17.2 Å². The van der Waals surface area contributed by atoms with E-state index < -0.39 is 0 Å². The Kier molecular flexibility index (Phi) is 7.40. The second-order valence-corrected chi connectivity index (χ2v) is 9.51. The minimum absolute atomic E-state index is 0.110. The zero-order valence-electron chi connectivity index (χ0n) is 22.4. The molecule has 1 saturated heterocycles. The molecule has 0 saturated carbocycles. The number of anilines is 1. The summed E-state index contributed by atoms with van der Waals surface area (Å²) in [5.74, 6) is 2.11. The van der Waals surface area contributed by atoms with E-state index in [1.54, 1.807) is 21.3 Å². The van der Waals surface area contributed by atoms with Crippen molar-refractivity contribution in [2.45, 2.75) is 19.3 Å². The third kappa shape index (κ3) is 4.98. The molecular weight excluding hydrogens is 480 g/mol. The summed E-state index contributed by atoms with van der Waals surface area (Å²) in [6.07, 6.45) is 4.20. The summed E-state index contributed by atoms with van der Waals surface area (Å²) >= 11 is 0. The van der Waals surface area contributed by atoms with E-state index in [1.165, 1.54) is 0 Å². The Morgan fingerprint density at radius 1 is 0.921 bits per heavy atom. The summed E-state index contributed by atoms with van der Waals surface area (Å²) in [5, 5.41) is 0. The van der Waals surface area contributed by atoms with E-state index in [1.807, 2.05) is 72.7 Å². The molecule has 2 aromatic heterocycles. The maximum Gasteiger partial charge on any atom is 0.223 e. The summed E-state index contributed by atoms with van der Waals surface area (Å²) in [7, 11) is 4.96. The summed E-state index contributed by atoms with van der Waals surface area (Å²) in [6.45, 7) is 4.84. The number of para-hydroxylation sites is 2. The van der Waals surface area contributed by atoms with Crippen molar-refractivity contribution >= 4 is 17.2 Å². The lowest BCUT2D eigenvalue weighted by atomic mass is 9.91. The first kappa shape index (κ1) is 25.4. The molecule has 1 amide bonds. The summed E-state index contributed by atoms with van der Waals surface area (Å²) < 4.78 is 18.7. The zero-order valence-corrected chi connectivity index (χ0v) is 22.4. The maximum absolute atomic E-state index is 13.7. The van der Waals surface area contributed by atoms with Crippen LogP contribution in [0.25, 0.3) is 5.65 Å². The molecule has 0 bridgehead atoms. The number of benzene rings is 2. The van der Waals surface area contributed by atoms with Gasteiger partial charge in [-0.3, -0.25) is 4.79 Å². The third-order valence-electron chi connectivity index (χ3n) is 7.33. The number of carbonyl (C=O) groups excluding carboxylic acids is 1. The van der Waals surface area contributed by atoms with E-state index >= 15 is 0 Å². The highest BCUT2D eigenvalue weighted by molar-refractivity contribution is 5.78. The van der Waals surface area contributed by atoms with E-state index in [-0.39, 0.29) is 11.8 Å². The van der Waals surface area contributed by atoms with Crippen molar-refractivity contribution in [1.82, 2.24) is 14.3 Å². The molecule has 8 heteroatoms. The van der Waals surface area contributed by atoms with Crippen molar-refractivity contribution in [2.24, 2.45) is 0 Å². The van der Waals surface area contributed by atoms with Gasteiger partial charge < -0.3 is 28.4 Å². The van der Waals surface area contributed by atoms with Crippen LogP contribution in [0.15, 0.2) is 67.0 Å². The van der Waals surface area contributed by atoms with Gasteiger partial charge in [-0.2, -0.15) is 0 Å². The molecule has 4 aromatic rings. The van der Waals surface area contributed by atoms with Crippen molar-refractivity contribution < 1.29 is 19.0 Å². The molecule has 198 valence electrons. The average Bonchev–Trinajstić information content (AvgIpc) is 3.40. The first-order chi connectivity index (χ1) is 18.5. The second-order valence-electron chi connectivity index (χ2n) is 9.51. The minimum atomic E-state index is -0.226. The third-order valence-corrected chi connectivity index (χ3v) is 7.33. The van der Waals surface area contributed by atoms with Crippen LogP contribution in [-0.4, -0.2) is 67.7 Å². The highest BCUT2D eigenvalue weighted by atomic mass is 16.5. The number of rotatable bonds is 8. The molecule has 1 aliphatic rings. The molecule has 0 spiro atoms. The molecular formula is C30H34N4O4. The van der Waals surface area contributed by atoms with Crippen LogP contribution in [0.4, 0.5) is 5.69 Å². The van der Waals surface area contributed by atoms with E-state index in [9.17, 15) is 4.79 Å². The molecule has 1 fully saturated rings. The number of amides is 1. The molecule has 3 heterocycles. The van der Waals surface area contributed by atoms with Gasteiger partial charge in [-0.15, -0.1) is 0 Å². The highest BCUT2D eigenvalue weighted by Crippen LogP contribution is 2.35. The van der Waals surface area contributed by atoms with Crippen molar-refractivity contribution in [3.63, 3.8) is 0 Å². The fourth-order valence-corrected chi connectivity index (χ4v) is 5.24. The Labute approximate surface area is 223 Å². The van der Waals surface area contributed by atoms with E-state index in [0.717, 1.165) is 47.0 Å². The van der Waals surface area contributed by atoms with Crippen molar-refractivity contribution in [1.29, 1.82) is 0 Å². The lowest BCUT2D eigenvalue weighted by Crippen LogP contribution is -2.49. The lowest BCUT2D eigenvalue weighted by molar-refractivity contribution is -0.131. The van der Waals surface area contributed by atoms with Gasteiger partial charge in [0.15, 0.2) is 0 Å². The Bertz CT molecular complexity index is 1400. The largest absolute Gasteiger partial charge is 0.497 e. The summed E-state index contributed by atoms with van der Waals surface area (Å²) in [5.41, 5.74) is 4.94. The number of hydrogen-bond acceptors (Lipinski definition) is 6. The van der Waals surface area contributed by atoms with Crippen molar-refractivity contribution in [2.75, 3.05) is 52.4 Å². The first-order valence-electron chi connectivity index (χ1n) is 12.8. The van der Waals surface area contributed by atoms with Crippen LogP contribution in [0.5, 0.6) is 17.2 Å². The van der Waals surface area contributed by atoms with Crippen LogP contribution in [-0.2, 0) is 4.79 Å². The molecule has 0 N–H and O–H groups in total. The van der Waals surface area contributed by atoms with Gasteiger partial charge in [0, 0.05) is 57.0 Å². The minimum Gasteiger partial charge on any atom is -0.497 e. The predicted molar refractivity (Wildman–Crippen MR) is 148 cm³/mol. The molecule has 2 aromatic carbocycles. The molecule has 1 unspecified atom stereocenters. The number of methoxy groups -OCH3 is 3. The number of piperazine rings is 1. The van der Waals surface area contributed by atoms with Crippen LogP contribution >= 0.6 is 0 Å². The Hall–Kier alpha value is -4.20. The van der Waals surface area contributed by atoms with E-state index in [0.29, 0.717) is 31.0 Å². The number of nitrogens with zero attached hydrogens (tertiary/aromatic N) is 4. The first-order valence-corrected chi connectivity index (χ1v) is 12.8. The van der Waals surface area contributed by atoms with E-state index in [4.69, 9.17) is 14.2 Å². The van der Waals surface area contributed by atoms with Gasteiger partial charge in [0.1, 0.15) is 22.9 Å². The average molecular weight is 515 g/mol. The maximum atomic E-state index is 13.7. The standard InChI is InChI=1S/C30H34N4O4/c1-21-8-7-11-34-27(20-31-30(21)34)25(22-16-23(36-2)18-24(17-22)37-3)19-29(35)33-14-12-32(13-15-33)26-9-5-6-10-28(26)38-4/h5-11,16-18,20,25H,12-15,19H2,1-4H3. The van der Waals surface area contributed by atoms with Crippen molar-refractivity contribution in [3.05, 3.63) is 83.8 Å². The molecule has 38 heavy (non-hydrogen) atoms. The number of aryl methyl sites for hydroxylation is 1. The number of imidazole rings is 1. The van der Waals surface area contributed by atoms with Gasteiger partial charge in [-0.25, -0.2) is 4.98 Å². The van der Waals surface area contributed by atoms with Crippen LogP contribution in [0.3, 0.4) is 0 Å². The number of carbonyl (C=O) groups is 1. The number of ether oxygens (including phenoxy) is 3. The Balaban J connectivity index is 1.42. The van der Waals surface area contributed by atoms with Gasteiger partial charge in [0.25, 0.3) is 0 Å². The SMILES string of the molecule is COc1cc(OC)cc(C(CC(=O)N2CCN(c3ccccc3OC)CC2)c2cnc3c(C)cccn23)c1. The molecule has 1 atom stereocenters. The normalized spacial score (nSPS) is 14.4. The summed E-state index contributed by atoms with van der Waals surface area (Å²) in [6, 6.07) is 17.9. The van der Waals surface area contributed by atoms with E-state index in [2.05, 4.69) is 20.4 Å². The van der Waals surface area contributed by atoms with Gasteiger partial charge in [0.05, 0.1) is 32.7 Å². The Morgan fingerprint density at radius 3 is 2.32 bits per heavy atom. The number of aromatic nitrogens is 2. The van der Waals surface area contributed by atoms with Crippen LogP contribution in [0.1, 0.15) is 29.2 Å². The summed E-state index contributed by atoms with van der Waals surface area (Å²) in [4.78, 5) is 22.7. The fourth-order valence-electron chi connectivity index (χ4n) is 5.24. The number of fused-ring (bicyclic) bond motifs is 1. The van der Waals surface area contributed by atoms with Crippen LogP contribution in [0.2, 0.25) is 0 Å². The number of hydrogen-bond donors (Lipinski definition) is 0. The van der Waals surface area contributed by atoms with Crippen LogP contribution in [0, 0.1) is 6.92 Å². The highest BCUT2D eigenvalue weighted by Gasteiger charge is 2.28. The quantitative estimate of drug-likeness (QED) is 0.344. The fraction of sp³-hybridized carbons (Fsp3) is 0.333. The smallest absolute Gasteiger partial charge is 0.223 e. The lowest BCUT2D eigenvalue weighted by Gasteiger charge is -2.37. The van der Waals surface area contributed by atoms with Gasteiger partial charge in [-0.1, -0.05) is 18.2 Å². The zero-order chi connectivity index (χ0) is 26.6. The van der Waals surface area contributed by atoms with Gasteiger partial charge in [0.2, 0.25) is 5.91 Å². The Morgan fingerprint density at radius 2 is 1.63 bits per heavy atom. The molecule has 0 aliphatic carbocycles. The molecule has 8 nitrogen and oxygen atoms in total. The second kappa shape index (κ2) is 11.0. The van der Waals surface area contributed by atoms with Gasteiger partial charge in [-0.05, 0) is 48.4 Å². The molecule has 5 rings (SSSR count). The topological polar surface area (TPSA) is 68.5 Å². The van der Waals surface area contributed by atoms with Crippen LogP contribution < -0.4 is 19.1 Å². The number of pyridine rings is 1. The monoisotopic (exact) mass is 514 g/mol. The molecule has 1 aliphatic heterocycles.